The fourth-order valence-electron chi connectivity index (χ4n) is 2.06. The maximum Gasteiger partial charge on any atom is 0.277 e. The second kappa shape index (κ2) is 9.55. The van der Waals surface area contributed by atoms with Crippen molar-refractivity contribution >= 4 is 33.7 Å². The minimum Gasteiger partial charge on any atom is -0.502 e. The molecule has 0 bridgehead atoms. The number of rotatable bonds is 8. The zero-order valence-electron chi connectivity index (χ0n) is 14.8. The molecule has 11 heteroatoms. The number of nitrogens with zero attached hydrogens (tertiary/aromatic N) is 2. The molecule has 2 aromatic rings. The first kappa shape index (κ1) is 21.0. The van der Waals surface area contributed by atoms with Gasteiger partial charge in [-0.2, -0.15) is 5.10 Å². The second-order valence-electron chi connectivity index (χ2n) is 5.23. The summed E-state index contributed by atoms with van der Waals surface area (Å²) < 4.78 is 15.7. The first-order chi connectivity index (χ1) is 13.3. The quantitative estimate of drug-likeness (QED) is 0.356. The average Bonchev–Trinajstić information content (AvgIpc) is 2.67. The van der Waals surface area contributed by atoms with Gasteiger partial charge in [-0.05, 0) is 34.1 Å². The van der Waals surface area contributed by atoms with Crippen LogP contribution < -0.4 is 19.6 Å². The Hall–Kier alpha value is -3.34. The number of aromatic hydroxyl groups is 1. The number of phenols is 1. The van der Waals surface area contributed by atoms with E-state index in [-0.39, 0.29) is 35.3 Å². The number of nitro benzene ring substituents is 1. The van der Waals surface area contributed by atoms with Crippen LogP contribution in [0.2, 0.25) is 0 Å². The molecule has 0 aromatic heterocycles. The van der Waals surface area contributed by atoms with E-state index in [9.17, 15) is 20.0 Å². The summed E-state index contributed by atoms with van der Waals surface area (Å²) in [6, 6.07) is 6.95. The lowest BCUT2D eigenvalue weighted by Gasteiger charge is -2.09. The number of ether oxygens (including phenoxy) is 3. The van der Waals surface area contributed by atoms with Crippen molar-refractivity contribution in [2.45, 2.75) is 0 Å². The minimum atomic E-state index is -0.542. The minimum absolute atomic E-state index is 0.104. The Labute approximate surface area is 168 Å². The molecule has 0 aliphatic rings. The van der Waals surface area contributed by atoms with Crippen LogP contribution in [0.3, 0.4) is 0 Å². The van der Waals surface area contributed by atoms with Crippen LogP contribution in [0.15, 0.2) is 39.9 Å². The molecule has 1 amide bonds. The monoisotopic (exact) mass is 453 g/mol. The number of benzene rings is 2. The summed E-state index contributed by atoms with van der Waals surface area (Å²) in [4.78, 5) is 22.0. The number of methoxy groups -OCH3 is 2. The Morgan fingerprint density at radius 3 is 2.43 bits per heavy atom. The molecule has 0 saturated carbocycles. The third-order valence-corrected chi connectivity index (χ3v) is 4.01. The summed E-state index contributed by atoms with van der Waals surface area (Å²) in [5, 5.41) is 24.3. The third-order valence-electron chi connectivity index (χ3n) is 3.39. The number of nitro groups is 1. The first-order valence-electron chi connectivity index (χ1n) is 7.69. The van der Waals surface area contributed by atoms with Crippen molar-refractivity contribution < 1.29 is 29.0 Å². The maximum absolute atomic E-state index is 11.8. The number of nitrogens with one attached hydrogen (secondary N) is 1. The molecule has 0 radical (unpaired) electrons. The Morgan fingerprint density at radius 2 is 1.89 bits per heavy atom. The Morgan fingerprint density at radius 1 is 1.25 bits per heavy atom. The highest BCUT2D eigenvalue weighted by atomic mass is 79.9. The molecule has 10 nitrogen and oxygen atoms in total. The van der Waals surface area contributed by atoms with Gasteiger partial charge in [-0.15, -0.1) is 0 Å². The smallest absolute Gasteiger partial charge is 0.277 e. The number of halogens is 1. The number of amides is 1. The lowest BCUT2D eigenvalue weighted by atomic mass is 10.2. The van der Waals surface area contributed by atoms with Crippen molar-refractivity contribution in [3.05, 3.63) is 50.5 Å². The van der Waals surface area contributed by atoms with Crippen molar-refractivity contribution in [1.29, 1.82) is 0 Å². The highest BCUT2D eigenvalue weighted by Crippen LogP contribution is 2.36. The highest BCUT2D eigenvalue weighted by Gasteiger charge is 2.12. The molecule has 0 spiro atoms. The number of hydrazone groups is 1. The summed E-state index contributed by atoms with van der Waals surface area (Å²) in [5.74, 6) is -0.0258. The molecule has 28 heavy (non-hydrogen) atoms. The van der Waals surface area contributed by atoms with E-state index in [2.05, 4.69) is 26.5 Å². The van der Waals surface area contributed by atoms with Gasteiger partial charge < -0.3 is 19.3 Å². The molecule has 148 valence electrons. The van der Waals surface area contributed by atoms with E-state index in [0.717, 1.165) is 0 Å². The van der Waals surface area contributed by atoms with Crippen LogP contribution in [0, 0.1) is 10.1 Å². The standard InChI is InChI=1S/C17H16BrN3O7/c1-26-14-5-10(6-15(27-2)17(14)23)8-19-20-16(22)9-28-13-4-3-11(21(24)25)7-12(13)18/h3-8,23H,9H2,1-2H3,(H,20,22)/b19-8-. The van der Waals surface area contributed by atoms with Gasteiger partial charge in [0.05, 0.1) is 29.8 Å². The molecular weight excluding hydrogens is 438 g/mol. The van der Waals surface area contributed by atoms with Gasteiger partial charge in [-0.1, -0.05) is 0 Å². The molecule has 0 heterocycles. The van der Waals surface area contributed by atoms with Crippen molar-refractivity contribution in [3.8, 4) is 23.0 Å². The number of hydrogen-bond donors (Lipinski definition) is 2. The van der Waals surface area contributed by atoms with E-state index in [1.807, 2.05) is 0 Å². The Balaban J connectivity index is 1.95. The number of carbonyl (C=O) groups is 1. The maximum atomic E-state index is 11.8. The molecule has 0 fully saturated rings. The van der Waals surface area contributed by atoms with Crippen LogP contribution in [0.4, 0.5) is 5.69 Å². The number of carbonyl (C=O) groups excluding carboxylic acids is 1. The molecule has 2 aromatic carbocycles. The van der Waals surface area contributed by atoms with Crippen molar-refractivity contribution in [2.75, 3.05) is 20.8 Å². The lowest BCUT2D eigenvalue weighted by Crippen LogP contribution is -2.24. The number of phenolic OH excluding ortho intramolecular Hbond substituents is 1. The summed E-state index contributed by atoms with van der Waals surface area (Å²) in [6.07, 6.45) is 1.34. The van der Waals surface area contributed by atoms with Crippen LogP contribution in [-0.2, 0) is 4.79 Å². The van der Waals surface area contributed by atoms with Gasteiger partial charge in [0, 0.05) is 17.7 Å². The molecule has 0 atom stereocenters. The third kappa shape index (κ3) is 5.33. The molecule has 0 aliphatic heterocycles. The van der Waals surface area contributed by atoms with Crippen LogP contribution in [0.5, 0.6) is 23.0 Å². The molecule has 2 rings (SSSR count). The summed E-state index contributed by atoms with van der Waals surface area (Å²) >= 11 is 3.15. The van der Waals surface area contributed by atoms with E-state index in [1.165, 1.54) is 50.8 Å². The van der Waals surface area contributed by atoms with Gasteiger partial charge in [0.2, 0.25) is 5.75 Å². The van der Waals surface area contributed by atoms with E-state index in [1.54, 1.807) is 0 Å². The van der Waals surface area contributed by atoms with Gasteiger partial charge in [-0.25, -0.2) is 5.43 Å². The lowest BCUT2D eigenvalue weighted by molar-refractivity contribution is -0.384. The van der Waals surface area contributed by atoms with Gasteiger partial charge in [-0.3, -0.25) is 14.9 Å². The van der Waals surface area contributed by atoms with E-state index < -0.39 is 10.8 Å². The molecule has 2 N–H and O–H groups in total. The van der Waals surface area contributed by atoms with Crippen LogP contribution >= 0.6 is 15.9 Å². The predicted octanol–water partition coefficient (Wildman–Crippen LogP) is 2.61. The van der Waals surface area contributed by atoms with Crippen LogP contribution in [0.25, 0.3) is 0 Å². The van der Waals surface area contributed by atoms with E-state index >= 15 is 0 Å². The highest BCUT2D eigenvalue weighted by molar-refractivity contribution is 9.10. The second-order valence-corrected chi connectivity index (χ2v) is 6.08. The Bertz CT molecular complexity index is 893. The van der Waals surface area contributed by atoms with Crippen LogP contribution in [-0.4, -0.2) is 43.0 Å². The fraction of sp³-hybridized carbons (Fsp3) is 0.176. The number of hydrogen-bond acceptors (Lipinski definition) is 8. The van der Waals surface area contributed by atoms with Crippen molar-refractivity contribution in [2.24, 2.45) is 5.10 Å². The van der Waals surface area contributed by atoms with Crippen molar-refractivity contribution in [1.82, 2.24) is 5.43 Å². The van der Waals surface area contributed by atoms with E-state index in [4.69, 9.17) is 14.2 Å². The SMILES string of the molecule is COc1cc(/C=N\NC(=O)COc2ccc([N+](=O)[O-])cc2Br)cc(OC)c1O. The molecule has 0 saturated heterocycles. The first-order valence-corrected chi connectivity index (χ1v) is 8.48. The summed E-state index contributed by atoms with van der Waals surface area (Å²) in [7, 11) is 2.79. The van der Waals surface area contributed by atoms with Crippen molar-refractivity contribution in [3.63, 3.8) is 0 Å². The van der Waals surface area contributed by atoms with Gasteiger partial charge >= 0.3 is 0 Å². The predicted molar refractivity (Wildman–Crippen MR) is 103 cm³/mol. The fourth-order valence-corrected chi connectivity index (χ4v) is 2.54. The van der Waals surface area contributed by atoms with Gasteiger partial charge in [0.25, 0.3) is 11.6 Å². The molecule has 0 unspecified atom stereocenters. The van der Waals surface area contributed by atoms with E-state index in [0.29, 0.717) is 10.0 Å². The summed E-state index contributed by atoms with van der Waals surface area (Å²) in [5.41, 5.74) is 2.69. The molecule has 0 aliphatic carbocycles. The largest absolute Gasteiger partial charge is 0.502 e. The normalized spacial score (nSPS) is 10.5. The van der Waals surface area contributed by atoms with Crippen LogP contribution in [0.1, 0.15) is 5.56 Å². The number of non-ortho nitro benzene ring substituents is 1. The topological polar surface area (TPSA) is 133 Å². The zero-order valence-corrected chi connectivity index (χ0v) is 16.4. The van der Waals surface area contributed by atoms with Gasteiger partial charge in [0.15, 0.2) is 18.1 Å². The Kier molecular flexibility index (Phi) is 7.15. The zero-order chi connectivity index (χ0) is 20.7. The summed E-state index contributed by atoms with van der Waals surface area (Å²) in [6.45, 7) is -0.351. The molecular formula is C17H16BrN3O7. The van der Waals surface area contributed by atoms with Gasteiger partial charge in [0.1, 0.15) is 5.75 Å². The average molecular weight is 454 g/mol.